The second-order valence-electron chi connectivity index (χ2n) is 6.40. The van der Waals surface area contributed by atoms with Gasteiger partial charge in [0.2, 0.25) is 5.78 Å². The van der Waals surface area contributed by atoms with Gasteiger partial charge in [-0.1, -0.05) is 23.7 Å². The average molecular weight is 419 g/mol. The van der Waals surface area contributed by atoms with Crippen LogP contribution >= 0.6 is 11.6 Å². The first-order valence-electron chi connectivity index (χ1n) is 8.65. The Bertz CT molecular complexity index is 1020. The minimum atomic E-state index is -4.52. The van der Waals surface area contributed by atoms with E-state index in [2.05, 4.69) is 0 Å². The number of halogens is 4. The molecule has 0 aromatic heterocycles. The van der Waals surface area contributed by atoms with Crippen LogP contribution in [0.5, 0.6) is 0 Å². The minimum Gasteiger partial charge on any atom is -0.311 e. The summed E-state index contributed by atoms with van der Waals surface area (Å²) in [6.07, 6.45) is -3.61. The predicted octanol–water partition coefficient (Wildman–Crippen LogP) is 5.26. The highest BCUT2D eigenvalue weighted by Crippen LogP contribution is 2.31. The SMILES string of the molecule is N#C/C(C(=O)c1ccc(C(F)(F)F)cc1)=C1/CCCN1C(=O)c1ccc(Cl)cc1. The maximum absolute atomic E-state index is 12.8. The van der Waals surface area contributed by atoms with Gasteiger partial charge in [-0.2, -0.15) is 18.4 Å². The second kappa shape index (κ2) is 8.10. The third-order valence-electron chi connectivity index (χ3n) is 4.56. The first-order chi connectivity index (χ1) is 13.7. The smallest absolute Gasteiger partial charge is 0.311 e. The van der Waals surface area contributed by atoms with E-state index in [-0.39, 0.29) is 22.7 Å². The molecule has 0 radical (unpaired) electrons. The van der Waals surface area contributed by atoms with Crippen LogP contribution < -0.4 is 0 Å². The molecule has 1 fully saturated rings. The first kappa shape index (κ1) is 20.6. The molecule has 1 saturated heterocycles. The van der Waals surface area contributed by atoms with Gasteiger partial charge in [-0.15, -0.1) is 0 Å². The third-order valence-corrected chi connectivity index (χ3v) is 4.81. The van der Waals surface area contributed by atoms with Crippen molar-refractivity contribution in [3.05, 3.63) is 81.5 Å². The van der Waals surface area contributed by atoms with Crippen molar-refractivity contribution in [2.24, 2.45) is 0 Å². The zero-order valence-electron chi connectivity index (χ0n) is 15.0. The van der Waals surface area contributed by atoms with Crippen molar-refractivity contribution in [3.63, 3.8) is 0 Å². The Balaban J connectivity index is 1.93. The monoisotopic (exact) mass is 418 g/mol. The lowest BCUT2D eigenvalue weighted by Crippen LogP contribution is -2.28. The lowest BCUT2D eigenvalue weighted by molar-refractivity contribution is -0.137. The van der Waals surface area contributed by atoms with Crippen LogP contribution in [0.25, 0.3) is 0 Å². The fraction of sp³-hybridized carbons (Fsp3) is 0.190. The van der Waals surface area contributed by atoms with Gasteiger partial charge in [0, 0.05) is 28.4 Å². The van der Waals surface area contributed by atoms with Crippen LogP contribution in [0.15, 0.2) is 59.8 Å². The molecule has 2 aromatic rings. The van der Waals surface area contributed by atoms with Crippen LogP contribution in [0.3, 0.4) is 0 Å². The van der Waals surface area contributed by atoms with Crippen molar-refractivity contribution in [2.75, 3.05) is 6.54 Å². The molecule has 1 aliphatic heterocycles. The molecule has 0 N–H and O–H groups in total. The van der Waals surface area contributed by atoms with E-state index in [9.17, 15) is 28.0 Å². The Morgan fingerprint density at radius 2 is 1.59 bits per heavy atom. The Labute approximate surface area is 169 Å². The lowest BCUT2D eigenvalue weighted by Gasteiger charge is -2.19. The molecule has 29 heavy (non-hydrogen) atoms. The summed E-state index contributed by atoms with van der Waals surface area (Å²) in [5.74, 6) is -1.09. The summed E-state index contributed by atoms with van der Waals surface area (Å²) in [5.41, 5.74) is -0.552. The van der Waals surface area contributed by atoms with Gasteiger partial charge >= 0.3 is 6.18 Å². The summed E-state index contributed by atoms with van der Waals surface area (Å²) < 4.78 is 38.2. The maximum Gasteiger partial charge on any atom is 0.416 e. The molecular weight excluding hydrogens is 405 g/mol. The summed E-state index contributed by atoms with van der Waals surface area (Å²) >= 11 is 5.83. The number of likely N-dealkylation sites (tertiary alicyclic amines) is 1. The highest BCUT2D eigenvalue weighted by Gasteiger charge is 2.32. The van der Waals surface area contributed by atoms with Crippen LogP contribution in [-0.2, 0) is 6.18 Å². The van der Waals surface area contributed by atoms with Crippen LogP contribution in [0.1, 0.15) is 39.1 Å². The van der Waals surface area contributed by atoms with E-state index in [4.69, 9.17) is 11.6 Å². The number of alkyl halides is 3. The number of hydrogen-bond donors (Lipinski definition) is 0. The van der Waals surface area contributed by atoms with E-state index in [0.29, 0.717) is 30.0 Å². The Hall–Kier alpha value is -3.11. The highest BCUT2D eigenvalue weighted by molar-refractivity contribution is 6.30. The number of nitriles is 1. The number of nitrogens with zero attached hydrogens (tertiary/aromatic N) is 2. The first-order valence-corrected chi connectivity index (χ1v) is 9.03. The summed E-state index contributed by atoms with van der Waals surface area (Å²) in [5, 5.41) is 10.0. The average Bonchev–Trinajstić information content (AvgIpc) is 3.17. The largest absolute Gasteiger partial charge is 0.416 e. The summed E-state index contributed by atoms with van der Waals surface area (Å²) in [6.45, 7) is 0.336. The number of rotatable bonds is 3. The summed E-state index contributed by atoms with van der Waals surface area (Å²) in [4.78, 5) is 26.9. The predicted molar refractivity (Wildman–Crippen MR) is 100 cm³/mol. The molecule has 0 aliphatic carbocycles. The Kier molecular flexibility index (Phi) is 5.76. The van der Waals surface area contributed by atoms with E-state index in [1.807, 2.05) is 6.07 Å². The van der Waals surface area contributed by atoms with Crippen molar-refractivity contribution in [1.29, 1.82) is 5.26 Å². The fourth-order valence-electron chi connectivity index (χ4n) is 3.11. The topological polar surface area (TPSA) is 61.2 Å². The van der Waals surface area contributed by atoms with E-state index < -0.39 is 17.5 Å². The van der Waals surface area contributed by atoms with E-state index in [0.717, 1.165) is 24.3 Å². The zero-order chi connectivity index (χ0) is 21.2. The fourth-order valence-corrected chi connectivity index (χ4v) is 3.23. The molecular formula is C21H14ClF3N2O2. The van der Waals surface area contributed by atoms with Crippen LogP contribution in [-0.4, -0.2) is 23.1 Å². The molecule has 148 valence electrons. The molecule has 1 aliphatic rings. The van der Waals surface area contributed by atoms with E-state index >= 15 is 0 Å². The molecule has 1 amide bonds. The van der Waals surface area contributed by atoms with Crippen LogP contribution in [0, 0.1) is 11.3 Å². The number of hydrogen-bond acceptors (Lipinski definition) is 3. The third kappa shape index (κ3) is 4.33. The number of carbonyl (C=O) groups is 2. The summed E-state index contributed by atoms with van der Waals surface area (Å²) in [6, 6.07) is 11.7. The van der Waals surface area contributed by atoms with Gasteiger partial charge in [-0.3, -0.25) is 9.59 Å². The minimum absolute atomic E-state index is 0.0483. The number of allylic oxidation sites excluding steroid dienone is 2. The normalized spacial score (nSPS) is 15.8. The van der Waals surface area contributed by atoms with Crippen molar-refractivity contribution in [1.82, 2.24) is 4.90 Å². The standard InChI is InChI=1S/C21H14ClF3N2O2/c22-16-9-5-14(6-10-16)20(29)27-11-1-2-18(27)17(12-26)19(28)13-3-7-15(8-4-13)21(23,24)25/h3-10H,1-2,11H2/b18-17+. The molecule has 4 nitrogen and oxygen atoms in total. The van der Waals surface area contributed by atoms with Crippen molar-refractivity contribution in [2.45, 2.75) is 19.0 Å². The van der Waals surface area contributed by atoms with Crippen molar-refractivity contribution < 1.29 is 22.8 Å². The van der Waals surface area contributed by atoms with Gasteiger partial charge < -0.3 is 4.90 Å². The van der Waals surface area contributed by atoms with Gasteiger partial charge in [0.1, 0.15) is 11.6 Å². The van der Waals surface area contributed by atoms with Gasteiger partial charge in [0.25, 0.3) is 5.91 Å². The van der Waals surface area contributed by atoms with Crippen molar-refractivity contribution in [3.8, 4) is 6.07 Å². The quantitative estimate of drug-likeness (QED) is 0.388. The molecule has 2 aromatic carbocycles. The second-order valence-corrected chi connectivity index (χ2v) is 6.84. The van der Waals surface area contributed by atoms with Gasteiger partial charge in [-0.05, 0) is 49.2 Å². The van der Waals surface area contributed by atoms with E-state index in [1.54, 1.807) is 24.3 Å². The molecule has 3 rings (SSSR count). The van der Waals surface area contributed by atoms with Crippen molar-refractivity contribution >= 4 is 23.3 Å². The Morgan fingerprint density at radius 1 is 1.00 bits per heavy atom. The van der Waals surface area contributed by atoms with Crippen LogP contribution in [0.2, 0.25) is 5.02 Å². The van der Waals surface area contributed by atoms with E-state index in [1.165, 1.54) is 4.90 Å². The molecule has 8 heteroatoms. The lowest BCUT2D eigenvalue weighted by atomic mass is 10.00. The number of benzene rings is 2. The number of Topliss-reactive ketones (excluding diaryl/α,β-unsaturated/α-hetero) is 1. The Morgan fingerprint density at radius 3 is 2.14 bits per heavy atom. The van der Waals surface area contributed by atoms with Gasteiger partial charge in [-0.25, -0.2) is 0 Å². The molecule has 0 unspecified atom stereocenters. The highest BCUT2D eigenvalue weighted by atomic mass is 35.5. The molecule has 0 saturated carbocycles. The zero-order valence-corrected chi connectivity index (χ0v) is 15.7. The van der Waals surface area contributed by atoms with Crippen LogP contribution in [0.4, 0.5) is 13.2 Å². The van der Waals surface area contributed by atoms with Gasteiger partial charge in [0.05, 0.1) is 5.56 Å². The molecule has 0 atom stereocenters. The summed E-state index contributed by atoms with van der Waals surface area (Å²) in [7, 11) is 0. The maximum atomic E-state index is 12.8. The number of amides is 1. The number of ketones is 1. The number of carbonyl (C=O) groups excluding carboxylic acids is 2. The molecule has 0 bridgehead atoms. The van der Waals surface area contributed by atoms with Gasteiger partial charge in [0.15, 0.2) is 0 Å². The molecule has 1 heterocycles. The molecule has 0 spiro atoms.